The molecular formula is C57H71N7O9. The summed E-state index contributed by atoms with van der Waals surface area (Å²) in [5, 5.41) is 8.01. The van der Waals surface area contributed by atoms with Crippen molar-refractivity contribution in [2.75, 3.05) is 19.6 Å². The predicted octanol–water partition coefficient (Wildman–Crippen LogP) is 5.74. The minimum atomic E-state index is -1.65. The van der Waals surface area contributed by atoms with Crippen LogP contribution in [-0.2, 0) is 63.1 Å². The number of nitrogens with two attached hydrogens (primary N) is 2. The number of carbonyl (C=O) groups excluding carboxylic acids is 8. The topological polar surface area (TPSA) is 240 Å². The van der Waals surface area contributed by atoms with Crippen molar-refractivity contribution in [2.45, 2.75) is 128 Å². The molecule has 2 aliphatic heterocycles. The van der Waals surface area contributed by atoms with Gasteiger partial charge in [-0.05, 0) is 94.0 Å². The number of amides is 7. The monoisotopic (exact) mass is 998 g/mol. The third kappa shape index (κ3) is 15.6. The van der Waals surface area contributed by atoms with Crippen LogP contribution in [0.25, 0.3) is 0 Å². The van der Waals surface area contributed by atoms with E-state index in [0.29, 0.717) is 12.1 Å². The van der Waals surface area contributed by atoms with E-state index in [-0.39, 0.29) is 62.4 Å². The van der Waals surface area contributed by atoms with Crippen LogP contribution >= 0.6 is 0 Å². The van der Waals surface area contributed by atoms with Crippen LogP contribution in [0.3, 0.4) is 0 Å². The molecule has 16 nitrogen and oxygen atoms in total. The van der Waals surface area contributed by atoms with Gasteiger partial charge in [-0.1, -0.05) is 135 Å². The molecule has 4 unspecified atom stereocenters. The number of ketones is 1. The lowest BCUT2D eigenvalue weighted by Crippen LogP contribution is -2.58. The van der Waals surface area contributed by atoms with Gasteiger partial charge in [0.2, 0.25) is 35.4 Å². The number of hydrogen-bond donors (Lipinski definition) is 5. The number of primary amides is 2. The van der Waals surface area contributed by atoms with Gasteiger partial charge in [0.1, 0.15) is 17.2 Å². The van der Waals surface area contributed by atoms with E-state index in [1.165, 1.54) is 24.5 Å². The average molecular weight is 998 g/mol. The number of carbonyl (C=O) groups is 8. The molecular weight excluding hydrogens is 927 g/mol. The van der Waals surface area contributed by atoms with E-state index in [9.17, 15) is 38.4 Å². The van der Waals surface area contributed by atoms with Crippen molar-refractivity contribution in [3.8, 4) is 0 Å². The molecule has 7 N–H and O–H groups in total. The average Bonchev–Trinajstić information content (AvgIpc) is 3.37. The summed E-state index contributed by atoms with van der Waals surface area (Å²) < 4.78 is 5.42. The molecule has 2 heterocycles. The van der Waals surface area contributed by atoms with Gasteiger partial charge in [-0.25, -0.2) is 4.79 Å². The van der Waals surface area contributed by atoms with Gasteiger partial charge in [0, 0.05) is 37.8 Å². The Hall–Kier alpha value is -7.36. The van der Waals surface area contributed by atoms with Gasteiger partial charge in [0.25, 0.3) is 0 Å². The highest BCUT2D eigenvalue weighted by Gasteiger charge is 2.41. The first kappa shape index (κ1) is 55.0. The number of piperazine rings is 1. The number of rotatable bonds is 18. The van der Waals surface area contributed by atoms with Crippen molar-refractivity contribution in [2.24, 2.45) is 23.3 Å². The SMILES string of the molecule is CC(C)(C)OC(=O)N[C@@H](Cc1ccccc1)C(=O)CC(Cc1ccccc1)C(=O)NC(CCC(N)=O)C(=O)NC(C)(C(N)=O)c1ccccc1.O=C(C1CCCCC1)N1CC(=O)N2CCc3ccccc3C2C1. The minimum absolute atomic E-state index is 0.0498. The maximum Gasteiger partial charge on any atom is 0.408 e. The van der Waals surface area contributed by atoms with Crippen LogP contribution in [0.15, 0.2) is 115 Å². The highest BCUT2D eigenvalue weighted by molar-refractivity contribution is 5.96. The Balaban J connectivity index is 0.000000310. The number of Topliss-reactive ketones (excluding diaryl/α,β-unsaturated/α-hetero) is 1. The lowest BCUT2D eigenvalue weighted by atomic mass is 9.87. The van der Waals surface area contributed by atoms with E-state index in [0.717, 1.165) is 49.8 Å². The molecule has 5 atom stereocenters. The van der Waals surface area contributed by atoms with Gasteiger partial charge in [-0.2, -0.15) is 0 Å². The number of fused-ring (bicyclic) bond motifs is 3. The molecule has 0 aromatic heterocycles. The molecule has 16 heteroatoms. The quantitative estimate of drug-likeness (QED) is 0.0815. The Labute approximate surface area is 428 Å². The number of ether oxygens (including phenoxy) is 1. The lowest BCUT2D eigenvalue weighted by molar-refractivity contribution is -0.152. The molecule has 1 aliphatic carbocycles. The molecule has 0 spiro atoms. The third-order valence-corrected chi connectivity index (χ3v) is 13.8. The maximum atomic E-state index is 14.0. The maximum absolute atomic E-state index is 14.0. The number of alkyl carbamates (subject to hydrolysis) is 1. The van der Waals surface area contributed by atoms with Gasteiger partial charge < -0.3 is 42.0 Å². The van der Waals surface area contributed by atoms with Crippen molar-refractivity contribution in [3.63, 3.8) is 0 Å². The lowest BCUT2D eigenvalue weighted by Gasteiger charge is -2.45. The zero-order valence-electron chi connectivity index (χ0n) is 42.5. The summed E-state index contributed by atoms with van der Waals surface area (Å²) in [7, 11) is 0. The first-order valence-electron chi connectivity index (χ1n) is 25.3. The van der Waals surface area contributed by atoms with Crippen molar-refractivity contribution < 1.29 is 43.1 Å². The molecule has 388 valence electrons. The second kappa shape index (κ2) is 25.3. The molecule has 1 saturated carbocycles. The summed E-state index contributed by atoms with van der Waals surface area (Å²) in [5.74, 6) is -3.94. The number of benzene rings is 4. The molecule has 7 rings (SSSR count). The summed E-state index contributed by atoms with van der Waals surface area (Å²) in [6.07, 6.45) is 5.20. The second-order valence-corrected chi connectivity index (χ2v) is 20.5. The number of nitrogens with zero attached hydrogens (tertiary/aromatic N) is 2. The zero-order valence-corrected chi connectivity index (χ0v) is 42.5. The molecule has 3 aliphatic rings. The molecule has 73 heavy (non-hydrogen) atoms. The molecule has 0 radical (unpaired) electrons. The van der Waals surface area contributed by atoms with Gasteiger partial charge in [0.05, 0.1) is 18.6 Å². The first-order valence-corrected chi connectivity index (χ1v) is 25.3. The Kier molecular flexibility index (Phi) is 19.1. The first-order chi connectivity index (χ1) is 34.8. The minimum Gasteiger partial charge on any atom is -0.444 e. The fourth-order valence-electron chi connectivity index (χ4n) is 9.76. The van der Waals surface area contributed by atoms with E-state index in [4.69, 9.17) is 16.2 Å². The summed E-state index contributed by atoms with van der Waals surface area (Å²) in [6.45, 7) is 8.28. The number of hydrogen-bond acceptors (Lipinski definition) is 9. The van der Waals surface area contributed by atoms with Crippen LogP contribution < -0.4 is 27.4 Å². The van der Waals surface area contributed by atoms with Gasteiger partial charge in [-0.3, -0.25) is 33.6 Å². The Morgan fingerprint density at radius 1 is 0.712 bits per heavy atom. The fraction of sp³-hybridized carbons (Fsp3) is 0.439. The molecule has 2 fully saturated rings. The summed E-state index contributed by atoms with van der Waals surface area (Å²) in [5.41, 5.74) is 13.2. The molecule has 0 bridgehead atoms. The zero-order chi connectivity index (χ0) is 52.7. The van der Waals surface area contributed by atoms with Gasteiger partial charge in [0.15, 0.2) is 5.78 Å². The van der Waals surface area contributed by atoms with E-state index >= 15 is 0 Å². The van der Waals surface area contributed by atoms with Gasteiger partial charge >= 0.3 is 6.09 Å². The van der Waals surface area contributed by atoms with Crippen LogP contribution in [0.4, 0.5) is 4.79 Å². The van der Waals surface area contributed by atoms with Crippen LogP contribution in [0.2, 0.25) is 0 Å². The molecule has 4 aromatic carbocycles. The van der Waals surface area contributed by atoms with E-state index in [1.807, 2.05) is 52.3 Å². The summed E-state index contributed by atoms with van der Waals surface area (Å²) >= 11 is 0. The predicted molar refractivity (Wildman–Crippen MR) is 276 cm³/mol. The van der Waals surface area contributed by atoms with Crippen molar-refractivity contribution >= 4 is 47.3 Å². The standard InChI is InChI=1S/C38H47N5O7.C19H24N2O2/c1-37(2,3)50-36(49)42-30(23-26-16-10-6-11-17-26)31(44)24-27(22-25-14-8-5-9-15-25)33(46)41-29(20-21-32(39)45)34(47)43-38(4,35(40)48)28-18-12-7-13-19-28;22-18-13-20(19(23)15-7-2-1-3-8-15)12-17-16-9-5-4-6-14(16)10-11-21(17)18/h5-19,27,29-30H,20-24H2,1-4H3,(H2,39,45)(H2,40,48)(H,41,46)(H,42,49)(H,43,47);4-6,9,15,17H,1-3,7-8,10-13H2/t27?,29?,30-,38?;/m0./s1. The Morgan fingerprint density at radius 2 is 1.30 bits per heavy atom. The van der Waals surface area contributed by atoms with Crippen LogP contribution in [-0.4, -0.2) is 94.4 Å². The normalized spacial score (nSPS) is 17.6. The highest BCUT2D eigenvalue weighted by Crippen LogP contribution is 2.35. The Bertz CT molecular complexity index is 2570. The second-order valence-electron chi connectivity index (χ2n) is 20.5. The largest absolute Gasteiger partial charge is 0.444 e. The van der Waals surface area contributed by atoms with Gasteiger partial charge in [-0.15, -0.1) is 0 Å². The third-order valence-electron chi connectivity index (χ3n) is 13.8. The van der Waals surface area contributed by atoms with Crippen molar-refractivity contribution in [3.05, 3.63) is 143 Å². The van der Waals surface area contributed by atoms with Crippen LogP contribution in [0.5, 0.6) is 0 Å². The van der Waals surface area contributed by atoms with E-state index < -0.39 is 64.6 Å². The van der Waals surface area contributed by atoms with Crippen LogP contribution in [0, 0.1) is 11.8 Å². The molecule has 4 aromatic rings. The summed E-state index contributed by atoms with van der Waals surface area (Å²) in [4.78, 5) is 108. The van der Waals surface area contributed by atoms with Crippen molar-refractivity contribution in [1.29, 1.82) is 0 Å². The van der Waals surface area contributed by atoms with E-state index in [1.54, 1.807) is 75.4 Å². The molecule has 1 saturated heterocycles. The molecule has 7 amide bonds. The smallest absolute Gasteiger partial charge is 0.408 e. The number of nitrogens with one attached hydrogen (secondary N) is 3. The van der Waals surface area contributed by atoms with Crippen molar-refractivity contribution in [1.82, 2.24) is 25.8 Å². The van der Waals surface area contributed by atoms with E-state index in [2.05, 4.69) is 34.1 Å². The Morgan fingerprint density at radius 3 is 1.90 bits per heavy atom. The van der Waals surface area contributed by atoms with Crippen LogP contribution in [0.1, 0.15) is 113 Å². The summed E-state index contributed by atoms with van der Waals surface area (Å²) in [6, 6.07) is 32.6. The fourth-order valence-corrected chi connectivity index (χ4v) is 9.76. The highest BCUT2D eigenvalue weighted by atomic mass is 16.6.